The minimum Gasteiger partial charge on any atom is -0.494 e. The number of aromatic nitrogens is 2. The van der Waals surface area contributed by atoms with Gasteiger partial charge in [-0.15, -0.1) is 0 Å². The average molecular weight is 342 g/mol. The van der Waals surface area contributed by atoms with Gasteiger partial charge in [-0.25, -0.2) is 4.98 Å². The predicted molar refractivity (Wildman–Crippen MR) is 83.4 cm³/mol. The van der Waals surface area contributed by atoms with Crippen molar-refractivity contribution in [3.8, 4) is 23.1 Å². The second kappa shape index (κ2) is 6.39. The lowest BCUT2D eigenvalue weighted by molar-refractivity contribution is 0.416. The molecule has 0 bridgehead atoms. The number of nitrogens with zero attached hydrogens (tertiary/aromatic N) is 2. The normalized spacial score (nSPS) is 10.2. The summed E-state index contributed by atoms with van der Waals surface area (Å²) in [6, 6.07) is 4.92. The van der Waals surface area contributed by atoms with E-state index in [1.165, 1.54) is 24.9 Å². The number of thioether (sulfide) groups is 1. The molecule has 0 atom stereocenters. The number of rotatable bonds is 3. The molecule has 5 nitrogen and oxygen atoms in total. The highest BCUT2D eigenvalue weighted by atomic mass is 35.5. The molecule has 2 rings (SSSR count). The summed E-state index contributed by atoms with van der Waals surface area (Å²) in [7, 11) is 1.44. The summed E-state index contributed by atoms with van der Waals surface area (Å²) >= 11 is 13.3. The summed E-state index contributed by atoms with van der Waals surface area (Å²) in [5.74, 6) is 0.308. The van der Waals surface area contributed by atoms with Crippen LogP contribution in [-0.2, 0) is 0 Å². The van der Waals surface area contributed by atoms with Crippen molar-refractivity contribution in [2.45, 2.75) is 5.16 Å². The van der Waals surface area contributed by atoms with E-state index in [1.54, 1.807) is 12.3 Å². The van der Waals surface area contributed by atoms with E-state index in [9.17, 15) is 10.1 Å². The van der Waals surface area contributed by atoms with Crippen LogP contribution in [0.25, 0.3) is 11.3 Å². The third-order valence-electron chi connectivity index (χ3n) is 2.67. The van der Waals surface area contributed by atoms with Gasteiger partial charge in [0.1, 0.15) is 23.1 Å². The Kier molecular flexibility index (Phi) is 4.78. The van der Waals surface area contributed by atoms with Gasteiger partial charge in [-0.2, -0.15) is 5.26 Å². The molecule has 0 aliphatic heterocycles. The minimum absolute atomic E-state index is 0.121. The SMILES string of the molecule is COc1c(Cl)cc(Cl)cc1-c1nc(SC)[nH]c(=O)c1C#N. The zero-order chi connectivity index (χ0) is 15.6. The summed E-state index contributed by atoms with van der Waals surface area (Å²) in [6.45, 7) is 0. The first-order valence-corrected chi connectivity index (χ1v) is 7.61. The Bertz CT molecular complexity index is 799. The summed E-state index contributed by atoms with van der Waals surface area (Å²) in [6.07, 6.45) is 1.76. The Labute approximate surface area is 134 Å². The number of nitrogens with one attached hydrogen (secondary N) is 1. The highest BCUT2D eigenvalue weighted by Crippen LogP contribution is 2.38. The second-order valence-electron chi connectivity index (χ2n) is 3.88. The molecule has 0 unspecified atom stereocenters. The van der Waals surface area contributed by atoms with Crippen LogP contribution in [0.1, 0.15) is 5.56 Å². The van der Waals surface area contributed by atoms with Crippen molar-refractivity contribution in [3.63, 3.8) is 0 Å². The maximum Gasteiger partial charge on any atom is 0.270 e. The van der Waals surface area contributed by atoms with Gasteiger partial charge >= 0.3 is 0 Å². The predicted octanol–water partition coefficient (Wildman–Crippen LogP) is 3.35. The molecule has 1 N–H and O–H groups in total. The van der Waals surface area contributed by atoms with E-state index in [0.29, 0.717) is 21.5 Å². The van der Waals surface area contributed by atoms with Crippen LogP contribution in [-0.4, -0.2) is 23.3 Å². The number of methoxy groups -OCH3 is 1. The van der Waals surface area contributed by atoms with Crippen LogP contribution < -0.4 is 10.3 Å². The molecule has 2 aromatic rings. The van der Waals surface area contributed by atoms with Gasteiger partial charge in [-0.1, -0.05) is 35.0 Å². The molecule has 21 heavy (non-hydrogen) atoms. The summed E-state index contributed by atoms with van der Waals surface area (Å²) in [5, 5.41) is 10.2. The summed E-state index contributed by atoms with van der Waals surface area (Å²) < 4.78 is 5.24. The van der Waals surface area contributed by atoms with Crippen molar-refractivity contribution in [1.82, 2.24) is 9.97 Å². The Morgan fingerprint density at radius 1 is 1.43 bits per heavy atom. The largest absolute Gasteiger partial charge is 0.494 e. The molecule has 1 aromatic heterocycles. The summed E-state index contributed by atoms with van der Waals surface area (Å²) in [5.41, 5.74) is -0.0609. The molecular formula is C13H9Cl2N3O2S. The molecule has 0 aliphatic rings. The third kappa shape index (κ3) is 3.00. The van der Waals surface area contributed by atoms with Crippen LogP contribution in [0.15, 0.2) is 22.1 Å². The van der Waals surface area contributed by atoms with Gasteiger partial charge in [0, 0.05) is 10.6 Å². The average Bonchev–Trinajstić information content (AvgIpc) is 2.45. The van der Waals surface area contributed by atoms with Crippen molar-refractivity contribution < 1.29 is 4.74 Å². The third-order valence-corrected chi connectivity index (χ3v) is 3.75. The van der Waals surface area contributed by atoms with E-state index in [0.717, 1.165) is 0 Å². The maximum atomic E-state index is 12.0. The summed E-state index contributed by atoms with van der Waals surface area (Å²) in [4.78, 5) is 18.7. The van der Waals surface area contributed by atoms with Crippen LogP contribution >= 0.6 is 35.0 Å². The van der Waals surface area contributed by atoms with Gasteiger partial charge in [-0.3, -0.25) is 4.79 Å². The lowest BCUT2D eigenvalue weighted by atomic mass is 10.1. The number of hydrogen-bond acceptors (Lipinski definition) is 5. The molecule has 108 valence electrons. The van der Waals surface area contributed by atoms with Gasteiger partial charge in [0.05, 0.1) is 12.1 Å². The first-order chi connectivity index (χ1) is 10.0. The maximum absolute atomic E-state index is 12.0. The van der Waals surface area contributed by atoms with Crippen molar-refractivity contribution in [2.75, 3.05) is 13.4 Å². The topological polar surface area (TPSA) is 78.8 Å². The number of nitriles is 1. The quantitative estimate of drug-likeness (QED) is 0.684. The molecule has 0 aliphatic carbocycles. The fourth-order valence-corrected chi connectivity index (χ4v) is 2.74. The Morgan fingerprint density at radius 3 is 2.71 bits per heavy atom. The fraction of sp³-hybridized carbons (Fsp3) is 0.154. The van der Waals surface area contributed by atoms with Crippen LogP contribution in [0.2, 0.25) is 10.0 Å². The number of H-pyrrole nitrogens is 1. The molecule has 0 saturated carbocycles. The first-order valence-electron chi connectivity index (χ1n) is 5.63. The van der Waals surface area contributed by atoms with Crippen molar-refractivity contribution >= 4 is 35.0 Å². The number of aromatic amines is 1. The number of halogens is 2. The zero-order valence-corrected chi connectivity index (χ0v) is 13.4. The molecule has 0 fully saturated rings. The molecule has 0 amide bonds. The first kappa shape index (κ1) is 15.7. The van der Waals surface area contributed by atoms with Gasteiger partial charge < -0.3 is 9.72 Å². The van der Waals surface area contributed by atoms with E-state index in [1.807, 2.05) is 6.07 Å². The van der Waals surface area contributed by atoms with Gasteiger partial charge in [0.2, 0.25) is 0 Å². The second-order valence-corrected chi connectivity index (χ2v) is 5.52. The molecule has 0 saturated heterocycles. The number of ether oxygens (including phenoxy) is 1. The lowest BCUT2D eigenvalue weighted by Crippen LogP contribution is -2.14. The van der Waals surface area contributed by atoms with Crippen LogP contribution in [0.4, 0.5) is 0 Å². The fourth-order valence-electron chi connectivity index (χ4n) is 1.79. The van der Waals surface area contributed by atoms with Gasteiger partial charge in [0.15, 0.2) is 5.16 Å². The smallest absolute Gasteiger partial charge is 0.270 e. The molecule has 8 heteroatoms. The van der Waals surface area contributed by atoms with E-state index in [-0.39, 0.29) is 16.3 Å². The Morgan fingerprint density at radius 2 is 2.14 bits per heavy atom. The van der Waals surface area contributed by atoms with Crippen molar-refractivity contribution in [1.29, 1.82) is 5.26 Å². The standard InChI is InChI=1S/C13H9Cl2N3O2S/c1-20-11-7(3-6(14)4-9(11)15)10-8(5-16)12(19)18-13(17-10)21-2/h3-4H,1-2H3,(H,17,18,19). The Hall–Kier alpha value is -1.68. The van der Waals surface area contributed by atoms with Crippen LogP contribution in [0, 0.1) is 11.3 Å². The van der Waals surface area contributed by atoms with Crippen molar-refractivity contribution in [2.24, 2.45) is 0 Å². The van der Waals surface area contributed by atoms with E-state index >= 15 is 0 Å². The molecular weight excluding hydrogens is 333 g/mol. The minimum atomic E-state index is -0.523. The van der Waals surface area contributed by atoms with E-state index < -0.39 is 5.56 Å². The Balaban J connectivity index is 2.87. The highest BCUT2D eigenvalue weighted by molar-refractivity contribution is 7.98. The highest BCUT2D eigenvalue weighted by Gasteiger charge is 2.19. The van der Waals surface area contributed by atoms with E-state index in [4.69, 9.17) is 27.9 Å². The monoisotopic (exact) mass is 341 g/mol. The van der Waals surface area contributed by atoms with Crippen molar-refractivity contribution in [3.05, 3.63) is 38.1 Å². The van der Waals surface area contributed by atoms with Gasteiger partial charge in [0.25, 0.3) is 5.56 Å². The van der Waals surface area contributed by atoms with Gasteiger partial charge in [-0.05, 0) is 18.4 Å². The number of benzene rings is 1. The molecule has 1 heterocycles. The molecule has 1 aromatic carbocycles. The van der Waals surface area contributed by atoms with E-state index in [2.05, 4.69) is 9.97 Å². The lowest BCUT2D eigenvalue weighted by Gasteiger charge is -2.12. The van der Waals surface area contributed by atoms with Crippen LogP contribution in [0.3, 0.4) is 0 Å². The zero-order valence-electron chi connectivity index (χ0n) is 11.0. The van der Waals surface area contributed by atoms with Crippen LogP contribution in [0.5, 0.6) is 5.75 Å². The molecule has 0 radical (unpaired) electrons. The molecule has 0 spiro atoms. The number of hydrogen-bond donors (Lipinski definition) is 1.